The van der Waals surface area contributed by atoms with Crippen LogP contribution in [0, 0.1) is 0 Å². The Bertz CT molecular complexity index is 853. The van der Waals surface area contributed by atoms with E-state index < -0.39 is 5.97 Å². The third kappa shape index (κ3) is 6.01. The minimum atomic E-state index is -0.464. The van der Waals surface area contributed by atoms with Crippen molar-refractivity contribution in [2.24, 2.45) is 0 Å². The molecule has 0 aromatic heterocycles. The van der Waals surface area contributed by atoms with E-state index in [1.54, 1.807) is 30.5 Å². The normalized spacial score (nSPS) is 10.7. The number of rotatable bonds is 7. The topological polar surface area (TPSA) is 29.5 Å². The number of esters is 1. The summed E-state index contributed by atoms with van der Waals surface area (Å²) in [5.74, 6) is -0.110. The molecule has 3 nitrogen and oxygen atoms in total. The van der Waals surface area contributed by atoms with Gasteiger partial charge in [0, 0.05) is 25.4 Å². The lowest BCUT2D eigenvalue weighted by Gasteiger charge is -2.20. The van der Waals surface area contributed by atoms with Crippen molar-refractivity contribution in [3.63, 3.8) is 0 Å². The van der Waals surface area contributed by atoms with Crippen LogP contribution in [-0.2, 0) is 17.9 Å². The lowest BCUT2D eigenvalue weighted by atomic mass is 10.2. The quantitative estimate of drug-likeness (QED) is 0.311. The first kappa shape index (κ1) is 18.7. The summed E-state index contributed by atoms with van der Waals surface area (Å²) in [5.41, 5.74) is 2.33. The van der Waals surface area contributed by atoms with Crippen LogP contribution in [0.2, 0.25) is 5.02 Å². The van der Waals surface area contributed by atoms with Gasteiger partial charge in [0.15, 0.2) is 0 Å². The van der Waals surface area contributed by atoms with Crippen molar-refractivity contribution >= 4 is 17.6 Å². The smallest absolute Gasteiger partial charge is 0.337 e. The second kappa shape index (κ2) is 9.60. The number of benzene rings is 3. The van der Waals surface area contributed by atoms with E-state index in [0.29, 0.717) is 23.9 Å². The molecule has 0 atom stereocenters. The van der Waals surface area contributed by atoms with Crippen molar-refractivity contribution in [1.82, 2.24) is 4.90 Å². The highest BCUT2D eigenvalue weighted by Crippen LogP contribution is 2.23. The Labute approximate surface area is 164 Å². The molecule has 0 bridgehead atoms. The average Bonchev–Trinajstić information content (AvgIpc) is 2.69. The van der Waals surface area contributed by atoms with Gasteiger partial charge in [0.1, 0.15) is 5.75 Å². The molecule has 0 saturated carbocycles. The molecule has 0 spiro atoms. The van der Waals surface area contributed by atoms with E-state index in [1.165, 1.54) is 6.08 Å². The summed E-state index contributed by atoms with van der Waals surface area (Å²) >= 11 is 6.03. The molecule has 0 radical (unpaired) electrons. The largest absolute Gasteiger partial charge is 0.422 e. The molecule has 3 aromatic carbocycles. The van der Waals surface area contributed by atoms with Crippen molar-refractivity contribution in [2.45, 2.75) is 13.1 Å². The minimum absolute atomic E-state index is 0.353. The highest BCUT2D eigenvalue weighted by Gasteiger charge is 2.07. The van der Waals surface area contributed by atoms with E-state index in [4.69, 9.17) is 16.3 Å². The highest BCUT2D eigenvalue weighted by molar-refractivity contribution is 6.32. The Morgan fingerprint density at radius 3 is 1.89 bits per heavy atom. The van der Waals surface area contributed by atoms with Crippen molar-refractivity contribution in [1.29, 1.82) is 0 Å². The van der Waals surface area contributed by atoms with Crippen LogP contribution in [0.4, 0.5) is 0 Å². The molecule has 3 aromatic rings. The molecule has 0 aliphatic rings. The van der Waals surface area contributed by atoms with Gasteiger partial charge in [0.2, 0.25) is 0 Å². The summed E-state index contributed by atoms with van der Waals surface area (Å²) in [6, 6.07) is 27.2. The average molecular weight is 378 g/mol. The van der Waals surface area contributed by atoms with Crippen LogP contribution in [0.3, 0.4) is 0 Å². The van der Waals surface area contributed by atoms with Crippen LogP contribution in [0.1, 0.15) is 11.1 Å². The van der Waals surface area contributed by atoms with E-state index >= 15 is 0 Å². The van der Waals surface area contributed by atoms with Gasteiger partial charge in [-0.25, -0.2) is 4.79 Å². The van der Waals surface area contributed by atoms with Crippen molar-refractivity contribution < 1.29 is 9.53 Å². The fourth-order valence-corrected chi connectivity index (χ4v) is 2.81. The molecule has 27 heavy (non-hydrogen) atoms. The van der Waals surface area contributed by atoms with Gasteiger partial charge in [-0.05, 0) is 23.3 Å². The first-order valence-electron chi connectivity index (χ1n) is 8.67. The van der Waals surface area contributed by atoms with Gasteiger partial charge in [-0.3, -0.25) is 0 Å². The molecule has 0 aliphatic heterocycles. The summed E-state index contributed by atoms with van der Waals surface area (Å²) in [4.78, 5) is 14.2. The third-order valence-corrected chi connectivity index (χ3v) is 4.24. The summed E-state index contributed by atoms with van der Waals surface area (Å²) < 4.78 is 5.31. The summed E-state index contributed by atoms with van der Waals surface area (Å²) in [6.07, 6.45) is 3.19. The van der Waals surface area contributed by atoms with E-state index in [2.05, 4.69) is 29.2 Å². The second-order valence-corrected chi connectivity index (χ2v) is 6.45. The fraction of sp³-hybridized carbons (Fsp3) is 0.0870. The van der Waals surface area contributed by atoms with E-state index in [1.807, 2.05) is 36.4 Å². The number of nitrogens with zero attached hydrogens (tertiary/aromatic N) is 1. The van der Waals surface area contributed by atoms with Gasteiger partial charge in [0.05, 0.1) is 5.02 Å². The zero-order chi connectivity index (χ0) is 18.9. The summed E-state index contributed by atoms with van der Waals surface area (Å²) in [6.45, 7) is 1.37. The predicted molar refractivity (Wildman–Crippen MR) is 108 cm³/mol. The van der Waals surface area contributed by atoms with E-state index in [0.717, 1.165) is 11.1 Å². The molecular formula is C23H20ClNO2. The van der Waals surface area contributed by atoms with Gasteiger partial charge >= 0.3 is 5.97 Å². The number of para-hydroxylation sites is 1. The molecule has 0 aliphatic carbocycles. The molecule has 0 saturated heterocycles. The molecule has 0 unspecified atom stereocenters. The predicted octanol–water partition coefficient (Wildman–Crippen LogP) is 5.46. The Hall–Kier alpha value is -3.04. The lowest BCUT2D eigenvalue weighted by molar-refractivity contribution is -0.129. The van der Waals surface area contributed by atoms with Crippen molar-refractivity contribution in [2.75, 3.05) is 0 Å². The fourth-order valence-electron chi connectivity index (χ4n) is 2.63. The van der Waals surface area contributed by atoms with Crippen LogP contribution in [0.5, 0.6) is 5.75 Å². The molecule has 0 heterocycles. The lowest BCUT2D eigenvalue weighted by Crippen LogP contribution is -2.17. The number of hydrogen-bond donors (Lipinski definition) is 0. The van der Waals surface area contributed by atoms with E-state index in [-0.39, 0.29) is 0 Å². The Kier molecular flexibility index (Phi) is 6.66. The van der Waals surface area contributed by atoms with E-state index in [9.17, 15) is 4.79 Å². The second-order valence-electron chi connectivity index (χ2n) is 6.04. The number of hydrogen-bond acceptors (Lipinski definition) is 3. The first-order valence-corrected chi connectivity index (χ1v) is 9.05. The molecule has 136 valence electrons. The Morgan fingerprint density at radius 1 is 0.815 bits per heavy atom. The maximum Gasteiger partial charge on any atom is 0.337 e. The van der Waals surface area contributed by atoms with Gasteiger partial charge < -0.3 is 9.64 Å². The van der Waals surface area contributed by atoms with Crippen LogP contribution >= 0.6 is 11.6 Å². The SMILES string of the molecule is O=C(/C=C/N(Cc1ccccc1)Cc1ccccc1)Oc1ccccc1Cl. The summed E-state index contributed by atoms with van der Waals surface area (Å²) in [5, 5.41) is 0.407. The van der Waals surface area contributed by atoms with Crippen LogP contribution in [-0.4, -0.2) is 10.9 Å². The standard InChI is InChI=1S/C23H20ClNO2/c24-21-13-7-8-14-22(21)27-23(26)15-16-25(17-19-9-3-1-4-10-19)18-20-11-5-2-6-12-20/h1-16H,17-18H2/b16-15+. The highest BCUT2D eigenvalue weighted by atomic mass is 35.5. The number of ether oxygens (including phenoxy) is 1. The molecule has 0 N–H and O–H groups in total. The van der Waals surface area contributed by atoms with Crippen molar-refractivity contribution in [3.05, 3.63) is 113 Å². The van der Waals surface area contributed by atoms with Crippen molar-refractivity contribution in [3.8, 4) is 5.75 Å². The number of carbonyl (C=O) groups is 1. The zero-order valence-corrected chi connectivity index (χ0v) is 15.5. The molecular weight excluding hydrogens is 358 g/mol. The van der Waals surface area contributed by atoms with Crippen LogP contribution in [0.25, 0.3) is 0 Å². The molecule has 0 amide bonds. The number of carbonyl (C=O) groups excluding carboxylic acids is 1. The monoisotopic (exact) mass is 377 g/mol. The van der Waals surface area contributed by atoms with Gasteiger partial charge in [-0.1, -0.05) is 84.4 Å². The van der Waals surface area contributed by atoms with Gasteiger partial charge in [0.25, 0.3) is 0 Å². The maximum absolute atomic E-state index is 12.2. The van der Waals surface area contributed by atoms with Crippen LogP contribution < -0.4 is 4.74 Å². The zero-order valence-electron chi connectivity index (χ0n) is 14.8. The van der Waals surface area contributed by atoms with Gasteiger partial charge in [-0.15, -0.1) is 0 Å². The third-order valence-electron chi connectivity index (χ3n) is 3.93. The Balaban J connectivity index is 1.70. The molecule has 4 heteroatoms. The molecule has 3 rings (SSSR count). The minimum Gasteiger partial charge on any atom is -0.422 e. The van der Waals surface area contributed by atoms with Gasteiger partial charge in [-0.2, -0.15) is 0 Å². The summed E-state index contributed by atoms with van der Waals surface area (Å²) in [7, 11) is 0. The Morgan fingerprint density at radius 2 is 1.33 bits per heavy atom. The maximum atomic E-state index is 12.2. The molecule has 0 fully saturated rings. The van der Waals surface area contributed by atoms with Crippen LogP contribution in [0.15, 0.2) is 97.2 Å². The number of halogens is 1. The first-order chi connectivity index (χ1) is 13.2.